The monoisotopic (exact) mass is 296 g/mol. The van der Waals surface area contributed by atoms with Gasteiger partial charge in [-0.1, -0.05) is 42.0 Å². The van der Waals surface area contributed by atoms with Crippen LogP contribution in [-0.4, -0.2) is 11.2 Å². The topological polar surface area (TPSA) is 24.1 Å². The SMILES string of the molecule is Cc1ccc(NC(=S)NC2Cc3ccccc3C2)c(C)c1. The zero-order valence-corrected chi connectivity index (χ0v) is 13.3. The minimum Gasteiger partial charge on any atom is -0.359 e. The molecule has 21 heavy (non-hydrogen) atoms. The summed E-state index contributed by atoms with van der Waals surface area (Å²) in [6.45, 7) is 4.20. The first-order valence-corrected chi connectivity index (χ1v) is 7.74. The number of anilines is 1. The van der Waals surface area contributed by atoms with Crippen LogP contribution >= 0.6 is 12.2 Å². The molecule has 0 amide bonds. The molecule has 0 aromatic heterocycles. The second-order valence-corrected chi connectivity index (χ2v) is 6.20. The van der Waals surface area contributed by atoms with Crippen molar-refractivity contribution in [3.05, 3.63) is 64.7 Å². The lowest BCUT2D eigenvalue weighted by molar-refractivity contribution is 0.648. The first-order chi connectivity index (χ1) is 10.1. The molecule has 0 aliphatic heterocycles. The van der Waals surface area contributed by atoms with Crippen LogP contribution in [0.3, 0.4) is 0 Å². The van der Waals surface area contributed by atoms with Crippen LogP contribution in [0.2, 0.25) is 0 Å². The minimum atomic E-state index is 0.396. The number of thiocarbonyl (C=S) groups is 1. The highest BCUT2D eigenvalue weighted by atomic mass is 32.1. The van der Waals surface area contributed by atoms with E-state index in [9.17, 15) is 0 Å². The Morgan fingerprint density at radius 2 is 1.71 bits per heavy atom. The summed E-state index contributed by atoms with van der Waals surface area (Å²) in [6.07, 6.45) is 2.09. The van der Waals surface area contributed by atoms with Crippen LogP contribution in [0.5, 0.6) is 0 Å². The Kier molecular flexibility index (Phi) is 3.93. The smallest absolute Gasteiger partial charge is 0.171 e. The highest BCUT2D eigenvalue weighted by Gasteiger charge is 2.21. The van der Waals surface area contributed by atoms with E-state index in [1.165, 1.54) is 22.3 Å². The maximum atomic E-state index is 5.45. The van der Waals surface area contributed by atoms with Crippen molar-refractivity contribution < 1.29 is 0 Å². The van der Waals surface area contributed by atoms with Crippen LogP contribution in [0, 0.1) is 13.8 Å². The van der Waals surface area contributed by atoms with Gasteiger partial charge in [0.25, 0.3) is 0 Å². The second-order valence-electron chi connectivity index (χ2n) is 5.79. The van der Waals surface area contributed by atoms with Crippen molar-refractivity contribution in [1.29, 1.82) is 0 Å². The summed E-state index contributed by atoms with van der Waals surface area (Å²) in [4.78, 5) is 0. The molecule has 1 aliphatic rings. The molecule has 0 spiro atoms. The van der Waals surface area contributed by atoms with Crippen molar-refractivity contribution in [3.63, 3.8) is 0 Å². The highest BCUT2D eigenvalue weighted by Crippen LogP contribution is 2.22. The van der Waals surface area contributed by atoms with Gasteiger partial charge in [0.15, 0.2) is 5.11 Å². The van der Waals surface area contributed by atoms with Gasteiger partial charge in [-0.05, 0) is 61.7 Å². The molecule has 3 rings (SSSR count). The predicted molar refractivity (Wildman–Crippen MR) is 92.9 cm³/mol. The van der Waals surface area contributed by atoms with Crippen molar-refractivity contribution >= 4 is 23.0 Å². The largest absolute Gasteiger partial charge is 0.359 e. The summed E-state index contributed by atoms with van der Waals surface area (Å²) < 4.78 is 0. The van der Waals surface area contributed by atoms with E-state index in [1.807, 2.05) is 0 Å². The molecular formula is C18H20N2S. The van der Waals surface area contributed by atoms with E-state index < -0.39 is 0 Å². The Morgan fingerprint density at radius 1 is 1.05 bits per heavy atom. The molecular weight excluding hydrogens is 276 g/mol. The molecule has 3 heteroatoms. The van der Waals surface area contributed by atoms with E-state index in [1.54, 1.807) is 0 Å². The molecule has 0 radical (unpaired) electrons. The Labute approximate surface area is 131 Å². The van der Waals surface area contributed by atoms with Gasteiger partial charge in [0.1, 0.15) is 0 Å². The zero-order chi connectivity index (χ0) is 14.8. The van der Waals surface area contributed by atoms with Gasteiger partial charge in [-0.25, -0.2) is 0 Å². The molecule has 2 aromatic rings. The van der Waals surface area contributed by atoms with Gasteiger partial charge in [-0.2, -0.15) is 0 Å². The summed E-state index contributed by atoms with van der Waals surface area (Å²) in [5, 5.41) is 7.46. The third kappa shape index (κ3) is 3.24. The lowest BCUT2D eigenvalue weighted by Crippen LogP contribution is -2.38. The average Bonchev–Trinajstić information content (AvgIpc) is 2.84. The molecule has 0 heterocycles. The number of hydrogen-bond donors (Lipinski definition) is 2. The third-order valence-corrected chi connectivity index (χ3v) is 4.24. The molecule has 108 valence electrons. The Balaban J connectivity index is 1.61. The van der Waals surface area contributed by atoms with Crippen molar-refractivity contribution in [2.45, 2.75) is 32.7 Å². The lowest BCUT2D eigenvalue weighted by atomic mass is 10.1. The van der Waals surface area contributed by atoms with Crippen LogP contribution in [0.25, 0.3) is 0 Å². The first-order valence-electron chi connectivity index (χ1n) is 7.33. The molecule has 0 unspecified atom stereocenters. The van der Waals surface area contributed by atoms with E-state index >= 15 is 0 Å². The normalized spacial score (nSPS) is 13.8. The fourth-order valence-electron chi connectivity index (χ4n) is 2.96. The maximum Gasteiger partial charge on any atom is 0.171 e. The van der Waals surface area contributed by atoms with Crippen molar-refractivity contribution in [2.24, 2.45) is 0 Å². The quantitative estimate of drug-likeness (QED) is 0.825. The Bertz CT molecular complexity index is 654. The van der Waals surface area contributed by atoms with Crippen molar-refractivity contribution in [2.75, 3.05) is 5.32 Å². The van der Waals surface area contributed by atoms with Gasteiger partial charge < -0.3 is 10.6 Å². The van der Waals surface area contributed by atoms with Crippen LogP contribution < -0.4 is 10.6 Å². The molecule has 0 fully saturated rings. The molecule has 0 atom stereocenters. The van der Waals surface area contributed by atoms with Crippen molar-refractivity contribution in [1.82, 2.24) is 5.32 Å². The first kappa shape index (κ1) is 14.1. The van der Waals surface area contributed by atoms with E-state index in [2.05, 4.69) is 66.9 Å². The number of nitrogens with one attached hydrogen (secondary N) is 2. The van der Waals surface area contributed by atoms with Crippen LogP contribution in [0.1, 0.15) is 22.3 Å². The van der Waals surface area contributed by atoms with E-state index in [0.29, 0.717) is 11.2 Å². The predicted octanol–water partition coefficient (Wildman–Crippen LogP) is 3.76. The standard InChI is InChI=1S/C18H20N2S/c1-12-7-8-17(13(2)9-12)20-18(21)19-16-10-14-5-3-4-6-15(14)11-16/h3-9,16H,10-11H2,1-2H3,(H2,19,20,21). The summed E-state index contributed by atoms with van der Waals surface area (Å²) in [7, 11) is 0. The number of aryl methyl sites for hydroxylation is 2. The molecule has 1 aliphatic carbocycles. The average molecular weight is 296 g/mol. The number of rotatable bonds is 2. The summed E-state index contributed by atoms with van der Waals surface area (Å²) in [5.74, 6) is 0. The van der Waals surface area contributed by atoms with Crippen LogP contribution in [0.15, 0.2) is 42.5 Å². The molecule has 0 saturated heterocycles. The zero-order valence-electron chi connectivity index (χ0n) is 12.4. The Hall–Kier alpha value is -1.87. The Morgan fingerprint density at radius 3 is 2.33 bits per heavy atom. The fraction of sp³-hybridized carbons (Fsp3) is 0.278. The summed E-state index contributed by atoms with van der Waals surface area (Å²) >= 11 is 5.45. The molecule has 2 nitrogen and oxygen atoms in total. The van der Waals surface area contributed by atoms with Crippen LogP contribution in [0.4, 0.5) is 5.69 Å². The third-order valence-electron chi connectivity index (χ3n) is 4.02. The minimum absolute atomic E-state index is 0.396. The summed E-state index contributed by atoms with van der Waals surface area (Å²) in [6, 6.07) is 15.4. The molecule has 2 N–H and O–H groups in total. The molecule has 0 bridgehead atoms. The van der Waals surface area contributed by atoms with Gasteiger partial charge in [0.2, 0.25) is 0 Å². The van der Waals surface area contributed by atoms with E-state index in [-0.39, 0.29) is 0 Å². The van der Waals surface area contributed by atoms with E-state index in [4.69, 9.17) is 12.2 Å². The van der Waals surface area contributed by atoms with Gasteiger partial charge in [0.05, 0.1) is 0 Å². The van der Waals surface area contributed by atoms with Gasteiger partial charge >= 0.3 is 0 Å². The molecule has 2 aromatic carbocycles. The van der Waals surface area contributed by atoms with Gasteiger partial charge in [-0.15, -0.1) is 0 Å². The second kappa shape index (κ2) is 5.86. The highest BCUT2D eigenvalue weighted by molar-refractivity contribution is 7.80. The molecule has 0 saturated carbocycles. The number of hydrogen-bond acceptors (Lipinski definition) is 1. The van der Waals surface area contributed by atoms with Crippen LogP contribution in [-0.2, 0) is 12.8 Å². The van der Waals surface area contributed by atoms with Crippen molar-refractivity contribution in [3.8, 4) is 0 Å². The lowest BCUT2D eigenvalue weighted by Gasteiger charge is -2.17. The van der Waals surface area contributed by atoms with E-state index in [0.717, 1.165) is 18.5 Å². The number of benzene rings is 2. The summed E-state index contributed by atoms with van der Waals surface area (Å²) in [5.41, 5.74) is 6.43. The maximum absolute atomic E-state index is 5.45. The number of fused-ring (bicyclic) bond motifs is 1. The van der Waals surface area contributed by atoms with Gasteiger partial charge in [0, 0.05) is 11.7 Å². The fourth-order valence-corrected chi connectivity index (χ4v) is 3.24. The van der Waals surface area contributed by atoms with Gasteiger partial charge in [-0.3, -0.25) is 0 Å².